The number of phosphoric acid groups is 1. The number of ether oxygens (including phenoxy) is 1. The first-order valence-corrected chi connectivity index (χ1v) is 10.3. The molecule has 0 amide bonds. The van der Waals surface area contributed by atoms with E-state index in [1.807, 2.05) is 0 Å². The van der Waals surface area contributed by atoms with Gasteiger partial charge in [0.1, 0.15) is 24.6 Å². The average molecular weight is 417 g/mol. The lowest BCUT2D eigenvalue weighted by Gasteiger charge is -2.16. The van der Waals surface area contributed by atoms with Crippen molar-refractivity contribution >= 4 is 24.8 Å². The van der Waals surface area contributed by atoms with Crippen LogP contribution in [-0.4, -0.2) is 71.0 Å². The summed E-state index contributed by atoms with van der Waals surface area (Å²) in [5.41, 5.74) is 0.862. The van der Waals surface area contributed by atoms with Gasteiger partial charge in [-0.25, -0.2) is 19.5 Å². The van der Waals surface area contributed by atoms with Crippen LogP contribution in [0.5, 0.6) is 0 Å². The minimum absolute atomic E-state index is 0.384. The Bertz CT molecular complexity index is 856. The number of hydrogen-bond donors (Lipinski definition) is 5. The minimum atomic E-state index is -4.73. The molecule has 0 saturated carbocycles. The van der Waals surface area contributed by atoms with E-state index in [0.29, 0.717) is 29.4 Å². The summed E-state index contributed by atoms with van der Waals surface area (Å²) in [5.74, 6) is 1.07. The van der Waals surface area contributed by atoms with Crippen LogP contribution in [0.15, 0.2) is 12.7 Å². The number of nitrogens with one attached hydrogen (secondary N) is 1. The highest BCUT2D eigenvalue weighted by molar-refractivity contribution is 7.46. The maximum Gasteiger partial charge on any atom is 0.469 e. The number of aromatic nitrogens is 4. The number of hydrogen-bond acceptors (Lipinski definition) is 9. The number of phosphoric ester groups is 1. The van der Waals surface area contributed by atoms with Gasteiger partial charge >= 0.3 is 7.82 Å². The van der Waals surface area contributed by atoms with Gasteiger partial charge in [0.05, 0.1) is 12.9 Å². The molecular weight excluding hydrogens is 393 g/mol. The molecule has 0 unspecified atom stereocenters. The maximum atomic E-state index is 10.9. The van der Waals surface area contributed by atoms with Gasteiger partial charge < -0.3 is 30.1 Å². The van der Waals surface area contributed by atoms with Crippen LogP contribution >= 0.6 is 7.82 Å². The van der Waals surface area contributed by atoms with E-state index in [4.69, 9.17) is 14.5 Å². The van der Waals surface area contributed by atoms with Gasteiger partial charge in [0.15, 0.2) is 23.2 Å². The van der Waals surface area contributed by atoms with Crippen LogP contribution in [0.4, 0.5) is 5.82 Å². The Labute approximate surface area is 160 Å². The molecule has 0 bridgehead atoms. The predicted molar refractivity (Wildman–Crippen MR) is 97.2 cm³/mol. The van der Waals surface area contributed by atoms with Crippen molar-refractivity contribution in [2.45, 2.75) is 44.8 Å². The fourth-order valence-electron chi connectivity index (χ4n) is 2.91. The Kier molecular flexibility index (Phi) is 6.30. The molecule has 2 aromatic heterocycles. The van der Waals surface area contributed by atoms with Crippen molar-refractivity contribution in [3.8, 4) is 0 Å². The number of rotatable bonds is 8. The molecule has 1 aliphatic rings. The molecule has 12 nitrogen and oxygen atoms in total. The summed E-state index contributed by atoms with van der Waals surface area (Å²) in [5, 5.41) is 23.7. The SMILES string of the molecule is CC(C)CCNc1ncnc2c1ncn2[C@@H]1O[C@H](COP(=O)(O)O)[C@@H](O)[C@H]1O. The van der Waals surface area contributed by atoms with Crippen LogP contribution in [-0.2, 0) is 13.8 Å². The zero-order chi connectivity index (χ0) is 20.5. The van der Waals surface area contributed by atoms with Crippen LogP contribution in [0.2, 0.25) is 0 Å². The van der Waals surface area contributed by atoms with Crippen molar-refractivity contribution in [3.63, 3.8) is 0 Å². The summed E-state index contributed by atoms with van der Waals surface area (Å²) in [6.45, 7) is 4.35. The van der Waals surface area contributed by atoms with E-state index < -0.39 is 39.0 Å². The Morgan fingerprint density at radius 3 is 2.71 bits per heavy atom. The standard InChI is InChI=1S/C15H24N5O7P/c1-8(2)3-4-16-13-10-14(18-6-17-13)20(7-19-10)15-12(22)11(21)9(27-15)5-26-28(23,24)25/h6-9,11-12,15,21-22H,3-5H2,1-2H3,(H,16,17,18)(H2,23,24,25)/t9-,11-,12-,15-/m1/s1. The Hall–Kier alpha value is -1.66. The lowest BCUT2D eigenvalue weighted by Crippen LogP contribution is -2.33. The summed E-state index contributed by atoms with van der Waals surface area (Å²) in [4.78, 5) is 30.3. The quantitative estimate of drug-likeness (QED) is 0.366. The van der Waals surface area contributed by atoms with E-state index >= 15 is 0 Å². The molecule has 156 valence electrons. The van der Waals surface area contributed by atoms with Crippen molar-refractivity contribution in [3.05, 3.63) is 12.7 Å². The van der Waals surface area contributed by atoms with Crippen LogP contribution < -0.4 is 5.32 Å². The number of anilines is 1. The Morgan fingerprint density at radius 2 is 2.04 bits per heavy atom. The van der Waals surface area contributed by atoms with E-state index in [9.17, 15) is 14.8 Å². The van der Waals surface area contributed by atoms with Gasteiger partial charge in [-0.3, -0.25) is 9.09 Å². The molecule has 1 saturated heterocycles. The van der Waals surface area contributed by atoms with Crippen molar-refractivity contribution in [1.29, 1.82) is 0 Å². The van der Waals surface area contributed by atoms with E-state index in [2.05, 4.69) is 38.6 Å². The van der Waals surface area contributed by atoms with Crippen molar-refractivity contribution < 1.29 is 33.8 Å². The zero-order valence-corrected chi connectivity index (χ0v) is 16.3. The highest BCUT2D eigenvalue weighted by Crippen LogP contribution is 2.38. The number of nitrogens with zero attached hydrogens (tertiary/aromatic N) is 4. The second kappa shape index (κ2) is 8.37. The van der Waals surface area contributed by atoms with Crippen LogP contribution in [0.25, 0.3) is 11.2 Å². The molecule has 0 radical (unpaired) electrons. The first kappa shape index (κ1) is 21.1. The van der Waals surface area contributed by atoms with Crippen LogP contribution in [0.3, 0.4) is 0 Å². The van der Waals surface area contributed by atoms with Gasteiger partial charge in [0.25, 0.3) is 0 Å². The molecule has 3 rings (SSSR count). The summed E-state index contributed by atoms with van der Waals surface area (Å²) in [6, 6.07) is 0. The van der Waals surface area contributed by atoms with Crippen molar-refractivity contribution in [1.82, 2.24) is 19.5 Å². The second-order valence-electron chi connectivity index (χ2n) is 6.99. The fraction of sp³-hybridized carbons (Fsp3) is 0.667. The molecule has 0 spiro atoms. The molecule has 2 aromatic rings. The predicted octanol–water partition coefficient (Wildman–Crippen LogP) is 0.0128. The largest absolute Gasteiger partial charge is 0.469 e. The molecule has 0 aliphatic carbocycles. The third kappa shape index (κ3) is 4.66. The second-order valence-corrected chi connectivity index (χ2v) is 8.23. The number of aliphatic hydroxyl groups is 2. The van der Waals surface area contributed by atoms with E-state index in [1.54, 1.807) is 0 Å². The van der Waals surface area contributed by atoms with Gasteiger partial charge in [0.2, 0.25) is 0 Å². The molecule has 1 aliphatic heterocycles. The van der Waals surface area contributed by atoms with E-state index in [0.717, 1.165) is 6.42 Å². The Balaban J connectivity index is 1.79. The van der Waals surface area contributed by atoms with E-state index in [-0.39, 0.29) is 0 Å². The van der Waals surface area contributed by atoms with E-state index in [1.165, 1.54) is 17.2 Å². The van der Waals surface area contributed by atoms with Crippen LogP contribution in [0.1, 0.15) is 26.5 Å². The normalized spacial score (nSPS) is 25.7. The van der Waals surface area contributed by atoms with Gasteiger partial charge in [-0.15, -0.1) is 0 Å². The zero-order valence-electron chi connectivity index (χ0n) is 15.4. The van der Waals surface area contributed by atoms with Crippen molar-refractivity contribution in [2.24, 2.45) is 5.92 Å². The molecule has 0 aromatic carbocycles. The molecule has 3 heterocycles. The third-order valence-electron chi connectivity index (χ3n) is 4.39. The van der Waals surface area contributed by atoms with Gasteiger partial charge in [-0.05, 0) is 12.3 Å². The Morgan fingerprint density at radius 1 is 1.29 bits per heavy atom. The molecule has 5 N–H and O–H groups in total. The van der Waals surface area contributed by atoms with Gasteiger partial charge in [-0.1, -0.05) is 13.8 Å². The molecule has 4 atom stereocenters. The summed E-state index contributed by atoms with van der Waals surface area (Å²) >= 11 is 0. The minimum Gasteiger partial charge on any atom is -0.387 e. The topological polar surface area (TPSA) is 172 Å². The third-order valence-corrected chi connectivity index (χ3v) is 4.88. The van der Waals surface area contributed by atoms with Crippen molar-refractivity contribution in [2.75, 3.05) is 18.5 Å². The number of imidazole rings is 1. The molecule has 13 heteroatoms. The number of aliphatic hydroxyl groups excluding tert-OH is 2. The first-order valence-electron chi connectivity index (χ1n) is 8.80. The maximum absolute atomic E-state index is 10.9. The van der Waals surface area contributed by atoms with Gasteiger partial charge in [-0.2, -0.15) is 0 Å². The summed E-state index contributed by atoms with van der Waals surface area (Å²) in [7, 11) is -4.73. The molecular formula is C15H24N5O7P. The first-order chi connectivity index (χ1) is 13.2. The monoisotopic (exact) mass is 417 g/mol. The van der Waals surface area contributed by atoms with Crippen LogP contribution in [0, 0.1) is 5.92 Å². The summed E-state index contributed by atoms with van der Waals surface area (Å²) in [6.07, 6.45) is -1.25. The molecule has 1 fully saturated rings. The average Bonchev–Trinajstić information content (AvgIpc) is 3.15. The highest BCUT2D eigenvalue weighted by Gasteiger charge is 2.45. The highest BCUT2D eigenvalue weighted by atomic mass is 31.2. The lowest BCUT2D eigenvalue weighted by atomic mass is 10.1. The smallest absolute Gasteiger partial charge is 0.387 e. The fourth-order valence-corrected chi connectivity index (χ4v) is 3.26. The molecule has 28 heavy (non-hydrogen) atoms. The lowest BCUT2D eigenvalue weighted by molar-refractivity contribution is -0.0504. The number of fused-ring (bicyclic) bond motifs is 1. The summed E-state index contributed by atoms with van der Waals surface area (Å²) < 4.78 is 22.2. The van der Waals surface area contributed by atoms with Gasteiger partial charge in [0, 0.05) is 6.54 Å².